The highest BCUT2D eigenvalue weighted by molar-refractivity contribution is 6.35. The van der Waals surface area contributed by atoms with E-state index < -0.39 is 11.8 Å². The van der Waals surface area contributed by atoms with Gasteiger partial charge in [0.05, 0.1) is 28.7 Å². The molecular weight excluding hydrogens is 299 g/mol. The fraction of sp³-hybridized carbons (Fsp3) is 0.154. The maximum Gasteiger partial charge on any atom is 0.205 e. The summed E-state index contributed by atoms with van der Waals surface area (Å²) in [6.07, 6.45) is 0. The standard InChI is InChI=1S/C13H6Cl2N4O/c14-7-1-8-11(6(3-16)4-17)9(5-18)13(19)20-12(8)10(15)2-7/h1-2,6,11H,19H2. The summed E-state index contributed by atoms with van der Waals surface area (Å²) in [7, 11) is 0. The summed E-state index contributed by atoms with van der Waals surface area (Å²) in [5, 5.41) is 27.9. The molecule has 1 aliphatic heterocycles. The van der Waals surface area contributed by atoms with Crippen LogP contribution in [0.3, 0.4) is 0 Å². The molecule has 1 aromatic carbocycles. The fourth-order valence-electron chi connectivity index (χ4n) is 2.04. The molecule has 0 radical (unpaired) electrons. The van der Waals surface area contributed by atoms with Crippen molar-refractivity contribution in [2.45, 2.75) is 5.92 Å². The number of allylic oxidation sites excluding steroid dienone is 1. The number of halogens is 2. The molecule has 0 fully saturated rings. The average Bonchev–Trinajstić information content (AvgIpc) is 2.41. The minimum atomic E-state index is -1.10. The van der Waals surface area contributed by atoms with Crippen LogP contribution < -0.4 is 10.5 Å². The van der Waals surface area contributed by atoms with Crippen LogP contribution in [0.25, 0.3) is 0 Å². The van der Waals surface area contributed by atoms with Gasteiger partial charge in [0.1, 0.15) is 12.0 Å². The van der Waals surface area contributed by atoms with E-state index in [1.165, 1.54) is 12.1 Å². The van der Waals surface area contributed by atoms with E-state index in [0.717, 1.165) is 0 Å². The number of hydrogen-bond acceptors (Lipinski definition) is 5. The van der Waals surface area contributed by atoms with Gasteiger partial charge < -0.3 is 10.5 Å². The lowest BCUT2D eigenvalue weighted by Gasteiger charge is -2.27. The number of nitrogens with two attached hydrogens (primary N) is 1. The number of ether oxygens (including phenoxy) is 1. The molecule has 0 aliphatic carbocycles. The van der Waals surface area contributed by atoms with E-state index in [2.05, 4.69) is 0 Å². The molecule has 1 aliphatic rings. The highest BCUT2D eigenvalue weighted by atomic mass is 35.5. The first-order valence-corrected chi connectivity index (χ1v) is 6.14. The van der Waals surface area contributed by atoms with Crippen LogP contribution in [0.15, 0.2) is 23.6 Å². The summed E-state index contributed by atoms with van der Waals surface area (Å²) >= 11 is 12.0. The van der Waals surface area contributed by atoms with Crippen LogP contribution in [0.1, 0.15) is 11.5 Å². The molecule has 1 aromatic rings. The van der Waals surface area contributed by atoms with E-state index in [4.69, 9.17) is 44.2 Å². The second-order valence-electron chi connectivity index (χ2n) is 4.01. The Morgan fingerprint density at radius 1 is 1.20 bits per heavy atom. The summed E-state index contributed by atoms with van der Waals surface area (Å²) in [6, 6.07) is 8.53. The summed E-state index contributed by atoms with van der Waals surface area (Å²) in [5.41, 5.74) is 6.09. The number of rotatable bonds is 1. The zero-order valence-corrected chi connectivity index (χ0v) is 11.4. The van der Waals surface area contributed by atoms with Gasteiger partial charge in [-0.3, -0.25) is 0 Å². The third-order valence-corrected chi connectivity index (χ3v) is 3.39. The van der Waals surface area contributed by atoms with Crippen LogP contribution in [0.4, 0.5) is 0 Å². The molecule has 7 heteroatoms. The van der Waals surface area contributed by atoms with Gasteiger partial charge in [0.2, 0.25) is 5.88 Å². The second kappa shape index (κ2) is 5.31. The lowest BCUT2D eigenvalue weighted by atomic mass is 9.80. The lowest BCUT2D eigenvalue weighted by Crippen LogP contribution is -2.24. The van der Waals surface area contributed by atoms with Gasteiger partial charge in [0.25, 0.3) is 0 Å². The Morgan fingerprint density at radius 2 is 1.85 bits per heavy atom. The van der Waals surface area contributed by atoms with Gasteiger partial charge in [-0.25, -0.2) is 0 Å². The predicted molar refractivity (Wildman–Crippen MR) is 71.4 cm³/mol. The van der Waals surface area contributed by atoms with Crippen LogP contribution in [-0.2, 0) is 0 Å². The number of nitrogens with zero attached hydrogens (tertiary/aromatic N) is 3. The normalized spacial score (nSPS) is 16.7. The van der Waals surface area contributed by atoms with Crippen LogP contribution in [0.5, 0.6) is 5.75 Å². The topological polar surface area (TPSA) is 107 Å². The minimum absolute atomic E-state index is 0.0175. The Balaban J connectivity index is 2.75. The van der Waals surface area contributed by atoms with Gasteiger partial charge >= 0.3 is 0 Å². The molecule has 0 saturated carbocycles. The number of benzene rings is 1. The molecule has 5 nitrogen and oxygen atoms in total. The molecule has 0 amide bonds. The van der Waals surface area contributed by atoms with E-state index in [-0.39, 0.29) is 22.2 Å². The third-order valence-electron chi connectivity index (χ3n) is 2.89. The first-order valence-electron chi connectivity index (χ1n) is 5.39. The van der Waals surface area contributed by atoms with Crippen LogP contribution in [0.2, 0.25) is 10.0 Å². The summed E-state index contributed by atoms with van der Waals surface area (Å²) in [6.45, 7) is 0. The highest BCUT2D eigenvalue weighted by Gasteiger charge is 2.37. The van der Waals surface area contributed by atoms with Crippen molar-refractivity contribution in [1.82, 2.24) is 0 Å². The van der Waals surface area contributed by atoms with Gasteiger partial charge in [-0.05, 0) is 12.1 Å². The molecule has 2 rings (SSSR count). The van der Waals surface area contributed by atoms with E-state index in [9.17, 15) is 5.26 Å². The molecular formula is C13H6Cl2N4O. The van der Waals surface area contributed by atoms with Crippen molar-refractivity contribution in [2.75, 3.05) is 0 Å². The van der Waals surface area contributed by atoms with Crippen LogP contribution in [0, 0.1) is 39.9 Å². The van der Waals surface area contributed by atoms with Crippen LogP contribution >= 0.6 is 23.2 Å². The fourth-order valence-corrected chi connectivity index (χ4v) is 2.59. The molecule has 20 heavy (non-hydrogen) atoms. The van der Waals surface area contributed by atoms with Crippen molar-refractivity contribution >= 4 is 23.2 Å². The van der Waals surface area contributed by atoms with Gasteiger partial charge in [-0.1, -0.05) is 23.2 Å². The summed E-state index contributed by atoms with van der Waals surface area (Å²) in [4.78, 5) is 0. The molecule has 1 heterocycles. The van der Waals surface area contributed by atoms with Crippen LogP contribution in [-0.4, -0.2) is 0 Å². The Kier molecular flexibility index (Phi) is 3.72. The van der Waals surface area contributed by atoms with Crippen molar-refractivity contribution in [3.63, 3.8) is 0 Å². The predicted octanol–water partition coefficient (Wildman–Crippen LogP) is 2.83. The lowest BCUT2D eigenvalue weighted by molar-refractivity contribution is 0.383. The Hall–Kier alpha value is -2.39. The molecule has 98 valence electrons. The Morgan fingerprint density at radius 3 is 2.40 bits per heavy atom. The number of hydrogen-bond donors (Lipinski definition) is 1. The van der Waals surface area contributed by atoms with Gasteiger partial charge in [0, 0.05) is 10.6 Å². The SMILES string of the molecule is N#CC1=C(N)Oc2c(Cl)cc(Cl)cc2C1C(C#N)C#N. The number of fused-ring (bicyclic) bond motifs is 1. The first-order chi connectivity index (χ1) is 9.53. The average molecular weight is 305 g/mol. The van der Waals surface area contributed by atoms with Crippen molar-refractivity contribution in [3.05, 3.63) is 39.2 Å². The van der Waals surface area contributed by atoms with E-state index in [1.54, 1.807) is 0 Å². The highest BCUT2D eigenvalue weighted by Crippen LogP contribution is 2.46. The van der Waals surface area contributed by atoms with E-state index >= 15 is 0 Å². The maximum absolute atomic E-state index is 9.18. The molecule has 1 atom stereocenters. The van der Waals surface area contributed by atoms with Crippen molar-refractivity contribution < 1.29 is 4.74 Å². The quantitative estimate of drug-likeness (QED) is 0.858. The van der Waals surface area contributed by atoms with Gasteiger partial charge in [-0.2, -0.15) is 15.8 Å². The van der Waals surface area contributed by atoms with Gasteiger partial charge in [0.15, 0.2) is 5.75 Å². The minimum Gasteiger partial charge on any atom is -0.439 e. The van der Waals surface area contributed by atoms with E-state index in [0.29, 0.717) is 10.6 Å². The van der Waals surface area contributed by atoms with Crippen molar-refractivity contribution in [3.8, 4) is 24.0 Å². The largest absolute Gasteiger partial charge is 0.439 e. The maximum atomic E-state index is 9.18. The Bertz CT molecular complexity index is 722. The van der Waals surface area contributed by atoms with E-state index in [1.807, 2.05) is 18.2 Å². The molecule has 0 bridgehead atoms. The zero-order valence-electron chi connectivity index (χ0n) is 9.89. The molecule has 1 unspecified atom stereocenters. The van der Waals surface area contributed by atoms with Gasteiger partial charge in [-0.15, -0.1) is 0 Å². The van der Waals surface area contributed by atoms with Crippen molar-refractivity contribution in [2.24, 2.45) is 11.7 Å². The molecule has 0 aromatic heterocycles. The Labute approximate surface area is 125 Å². The first kappa shape index (κ1) is 14.0. The third kappa shape index (κ3) is 2.12. The molecule has 2 N–H and O–H groups in total. The summed E-state index contributed by atoms with van der Waals surface area (Å²) in [5.74, 6) is -1.88. The zero-order chi connectivity index (χ0) is 14.9. The number of nitriles is 3. The summed E-state index contributed by atoms with van der Waals surface area (Å²) < 4.78 is 5.32. The smallest absolute Gasteiger partial charge is 0.205 e. The monoisotopic (exact) mass is 304 g/mol. The molecule has 0 spiro atoms. The second-order valence-corrected chi connectivity index (χ2v) is 4.85. The molecule has 0 saturated heterocycles. The van der Waals surface area contributed by atoms with Crippen molar-refractivity contribution in [1.29, 1.82) is 15.8 Å².